The Morgan fingerprint density at radius 3 is 2.71 bits per heavy atom. The van der Waals surface area contributed by atoms with Gasteiger partial charge in [-0.1, -0.05) is 35.3 Å². The number of hydrogen-bond donors (Lipinski definition) is 1. The molecule has 0 aromatic heterocycles. The highest BCUT2D eigenvalue weighted by Crippen LogP contribution is 2.27. The number of nitrogens with one attached hydrogen (secondary N) is 1. The summed E-state index contributed by atoms with van der Waals surface area (Å²) in [6.45, 7) is 1.57. The van der Waals surface area contributed by atoms with Gasteiger partial charge in [0.25, 0.3) is 5.91 Å². The number of carbonyl (C=O) groups excluding carboxylic acids is 1. The minimum Gasteiger partial charge on any atom is -0.497 e. The molecule has 0 saturated carbocycles. The maximum absolute atomic E-state index is 11.8. The molecule has 0 aliphatic rings. The van der Waals surface area contributed by atoms with Crippen molar-refractivity contribution in [2.24, 2.45) is 5.10 Å². The van der Waals surface area contributed by atoms with Gasteiger partial charge in [0.15, 0.2) is 6.61 Å². The fourth-order valence-corrected chi connectivity index (χ4v) is 2.29. The molecule has 0 aliphatic carbocycles. The zero-order valence-corrected chi connectivity index (χ0v) is 14.7. The highest BCUT2D eigenvalue weighted by atomic mass is 35.5. The number of ether oxygens (including phenoxy) is 2. The SMILES string of the molecule is COc1cccc(C(C)=NNC(=O)COc2ccc(Cl)cc2Cl)c1. The molecule has 0 bridgehead atoms. The van der Waals surface area contributed by atoms with Crippen LogP contribution < -0.4 is 14.9 Å². The number of hydrogen-bond acceptors (Lipinski definition) is 4. The lowest BCUT2D eigenvalue weighted by Crippen LogP contribution is -2.25. The van der Waals surface area contributed by atoms with Crippen LogP contribution in [0.1, 0.15) is 12.5 Å². The lowest BCUT2D eigenvalue weighted by molar-refractivity contribution is -0.123. The van der Waals surface area contributed by atoms with Crippen molar-refractivity contribution in [1.82, 2.24) is 5.43 Å². The lowest BCUT2D eigenvalue weighted by atomic mass is 10.1. The van der Waals surface area contributed by atoms with E-state index < -0.39 is 5.91 Å². The van der Waals surface area contributed by atoms with Crippen LogP contribution in [0.15, 0.2) is 47.6 Å². The number of nitrogens with zero attached hydrogens (tertiary/aromatic N) is 1. The zero-order valence-electron chi connectivity index (χ0n) is 13.2. The summed E-state index contributed by atoms with van der Waals surface area (Å²) in [5.74, 6) is 0.696. The van der Waals surface area contributed by atoms with Gasteiger partial charge in [-0.2, -0.15) is 5.10 Å². The van der Waals surface area contributed by atoms with E-state index in [4.69, 9.17) is 32.7 Å². The van der Waals surface area contributed by atoms with E-state index in [2.05, 4.69) is 10.5 Å². The smallest absolute Gasteiger partial charge is 0.277 e. The van der Waals surface area contributed by atoms with Gasteiger partial charge in [0.1, 0.15) is 11.5 Å². The van der Waals surface area contributed by atoms with E-state index in [0.29, 0.717) is 27.3 Å². The molecule has 2 rings (SSSR count). The van der Waals surface area contributed by atoms with E-state index >= 15 is 0 Å². The molecular weight excluding hydrogens is 351 g/mol. The van der Waals surface area contributed by atoms with Crippen molar-refractivity contribution in [2.45, 2.75) is 6.92 Å². The third-order valence-electron chi connectivity index (χ3n) is 3.09. The molecule has 1 amide bonds. The van der Waals surface area contributed by atoms with Crippen molar-refractivity contribution in [3.05, 3.63) is 58.1 Å². The first kappa shape index (κ1) is 18.1. The molecule has 24 heavy (non-hydrogen) atoms. The summed E-state index contributed by atoms with van der Waals surface area (Å²) in [4.78, 5) is 11.8. The average molecular weight is 367 g/mol. The van der Waals surface area contributed by atoms with Gasteiger partial charge in [-0.05, 0) is 37.3 Å². The number of rotatable bonds is 6. The summed E-state index contributed by atoms with van der Waals surface area (Å²) < 4.78 is 10.5. The first-order valence-electron chi connectivity index (χ1n) is 7.05. The Morgan fingerprint density at radius 1 is 1.21 bits per heavy atom. The van der Waals surface area contributed by atoms with Crippen LogP contribution in [0.3, 0.4) is 0 Å². The van der Waals surface area contributed by atoms with Crippen LogP contribution in [0.2, 0.25) is 10.0 Å². The van der Waals surface area contributed by atoms with E-state index in [9.17, 15) is 4.79 Å². The van der Waals surface area contributed by atoms with Crippen LogP contribution in [-0.2, 0) is 4.79 Å². The second-order valence-corrected chi connectivity index (χ2v) is 5.67. The zero-order chi connectivity index (χ0) is 17.5. The van der Waals surface area contributed by atoms with Crippen molar-refractivity contribution in [1.29, 1.82) is 0 Å². The molecule has 0 heterocycles. The summed E-state index contributed by atoms with van der Waals surface area (Å²) in [6, 6.07) is 12.2. The second kappa shape index (κ2) is 8.57. The summed E-state index contributed by atoms with van der Waals surface area (Å²) in [7, 11) is 1.59. The predicted octanol–water partition coefficient (Wildman–Crippen LogP) is 3.92. The van der Waals surface area contributed by atoms with E-state index in [1.807, 2.05) is 24.3 Å². The van der Waals surface area contributed by atoms with Crippen LogP contribution in [0.25, 0.3) is 0 Å². The number of halogens is 2. The Hall–Kier alpha value is -2.24. The van der Waals surface area contributed by atoms with E-state index in [-0.39, 0.29) is 6.61 Å². The molecular formula is C17H16Cl2N2O3. The van der Waals surface area contributed by atoms with Gasteiger partial charge in [0.2, 0.25) is 0 Å². The second-order valence-electron chi connectivity index (χ2n) is 4.83. The fourth-order valence-electron chi connectivity index (χ4n) is 1.83. The van der Waals surface area contributed by atoms with Crippen molar-refractivity contribution in [3.8, 4) is 11.5 Å². The van der Waals surface area contributed by atoms with E-state index in [0.717, 1.165) is 5.56 Å². The maximum atomic E-state index is 11.8. The Morgan fingerprint density at radius 2 is 2.00 bits per heavy atom. The number of amides is 1. The van der Waals surface area contributed by atoms with Crippen molar-refractivity contribution < 1.29 is 14.3 Å². The van der Waals surface area contributed by atoms with Crippen LogP contribution in [0.5, 0.6) is 11.5 Å². The largest absolute Gasteiger partial charge is 0.497 e. The summed E-state index contributed by atoms with van der Waals surface area (Å²) in [5.41, 5.74) is 3.92. The topological polar surface area (TPSA) is 59.9 Å². The molecule has 7 heteroatoms. The van der Waals surface area contributed by atoms with Crippen molar-refractivity contribution in [2.75, 3.05) is 13.7 Å². The molecule has 0 saturated heterocycles. The first-order chi connectivity index (χ1) is 11.5. The molecule has 2 aromatic carbocycles. The van der Waals surface area contributed by atoms with Crippen LogP contribution in [-0.4, -0.2) is 25.3 Å². The number of carbonyl (C=O) groups is 1. The van der Waals surface area contributed by atoms with Gasteiger partial charge in [0, 0.05) is 10.6 Å². The molecule has 126 valence electrons. The van der Waals surface area contributed by atoms with Gasteiger partial charge in [-0.3, -0.25) is 4.79 Å². The minimum atomic E-state index is -0.400. The highest BCUT2D eigenvalue weighted by molar-refractivity contribution is 6.35. The first-order valence-corrected chi connectivity index (χ1v) is 7.80. The Bertz CT molecular complexity index is 763. The average Bonchev–Trinajstić information content (AvgIpc) is 2.59. The number of benzene rings is 2. The molecule has 5 nitrogen and oxygen atoms in total. The van der Waals surface area contributed by atoms with E-state index in [1.165, 1.54) is 0 Å². The van der Waals surface area contributed by atoms with Crippen LogP contribution in [0, 0.1) is 0 Å². The Balaban J connectivity index is 1.91. The molecule has 0 spiro atoms. The molecule has 0 aliphatic heterocycles. The van der Waals surface area contributed by atoms with Gasteiger partial charge < -0.3 is 9.47 Å². The third-order valence-corrected chi connectivity index (χ3v) is 3.62. The number of hydrazone groups is 1. The maximum Gasteiger partial charge on any atom is 0.277 e. The summed E-state index contributed by atoms with van der Waals surface area (Å²) in [6.07, 6.45) is 0. The van der Waals surface area contributed by atoms with Gasteiger partial charge in [0.05, 0.1) is 17.8 Å². The number of methoxy groups -OCH3 is 1. The Kier molecular flexibility index (Phi) is 6.46. The predicted molar refractivity (Wildman–Crippen MR) is 95.3 cm³/mol. The molecule has 0 unspecified atom stereocenters. The van der Waals surface area contributed by atoms with Gasteiger partial charge in [-0.15, -0.1) is 0 Å². The van der Waals surface area contributed by atoms with Gasteiger partial charge >= 0.3 is 0 Å². The molecule has 0 radical (unpaired) electrons. The molecule has 0 atom stereocenters. The normalized spacial score (nSPS) is 11.1. The van der Waals surface area contributed by atoms with Crippen molar-refractivity contribution in [3.63, 3.8) is 0 Å². The lowest BCUT2D eigenvalue weighted by Gasteiger charge is -2.08. The molecule has 1 N–H and O–H groups in total. The van der Waals surface area contributed by atoms with E-state index in [1.54, 1.807) is 32.2 Å². The fraction of sp³-hybridized carbons (Fsp3) is 0.176. The summed E-state index contributed by atoms with van der Waals surface area (Å²) in [5, 5.41) is 4.88. The third kappa shape index (κ3) is 5.15. The molecule has 0 fully saturated rings. The monoisotopic (exact) mass is 366 g/mol. The summed E-state index contributed by atoms with van der Waals surface area (Å²) >= 11 is 11.8. The van der Waals surface area contributed by atoms with Crippen LogP contribution >= 0.6 is 23.2 Å². The van der Waals surface area contributed by atoms with Crippen molar-refractivity contribution >= 4 is 34.8 Å². The minimum absolute atomic E-state index is 0.212. The highest BCUT2D eigenvalue weighted by Gasteiger charge is 2.06. The van der Waals surface area contributed by atoms with Gasteiger partial charge in [-0.25, -0.2) is 5.43 Å². The Labute approximate surface area is 150 Å². The quantitative estimate of drug-likeness (QED) is 0.622. The standard InChI is InChI=1S/C17H16Cl2N2O3/c1-11(12-4-3-5-14(8-12)23-2)20-21-17(22)10-24-16-7-6-13(18)9-15(16)19/h3-9H,10H2,1-2H3,(H,21,22). The van der Waals surface area contributed by atoms with Crippen LogP contribution in [0.4, 0.5) is 0 Å². The molecule has 2 aromatic rings.